The highest BCUT2D eigenvalue weighted by molar-refractivity contribution is 7.99. The van der Waals surface area contributed by atoms with Gasteiger partial charge in [0.25, 0.3) is 5.91 Å². The fourth-order valence-corrected chi connectivity index (χ4v) is 4.28. The topological polar surface area (TPSA) is 111 Å². The van der Waals surface area contributed by atoms with Crippen molar-refractivity contribution in [1.82, 2.24) is 20.2 Å². The van der Waals surface area contributed by atoms with E-state index >= 15 is 0 Å². The highest BCUT2D eigenvalue weighted by Crippen LogP contribution is 2.36. The minimum atomic E-state index is -0.328. The van der Waals surface area contributed by atoms with Gasteiger partial charge in [0.15, 0.2) is 22.5 Å². The van der Waals surface area contributed by atoms with Gasteiger partial charge in [0, 0.05) is 21.8 Å². The molecule has 3 aromatic carbocycles. The first-order valence-electron chi connectivity index (χ1n) is 11.1. The summed E-state index contributed by atoms with van der Waals surface area (Å²) in [7, 11) is 2.87. The summed E-state index contributed by atoms with van der Waals surface area (Å²) in [6.45, 7) is 2.01. The number of hydrogen-bond acceptors (Lipinski definition) is 8. The first-order chi connectivity index (χ1) is 17.9. The van der Waals surface area contributed by atoms with E-state index in [-0.39, 0.29) is 28.9 Å². The van der Waals surface area contributed by atoms with Crippen molar-refractivity contribution >= 4 is 35.5 Å². The summed E-state index contributed by atoms with van der Waals surface area (Å²) in [6.07, 6.45) is 1.43. The van der Waals surface area contributed by atoms with Gasteiger partial charge >= 0.3 is 0 Å². The first-order valence-corrected chi connectivity index (χ1v) is 12.4. The number of methoxy groups -OCH3 is 2. The molecule has 0 saturated carbocycles. The number of aryl methyl sites for hydroxylation is 1. The van der Waals surface area contributed by atoms with Crippen LogP contribution in [-0.4, -0.2) is 52.0 Å². The van der Waals surface area contributed by atoms with E-state index in [0.717, 1.165) is 16.8 Å². The number of halogens is 1. The van der Waals surface area contributed by atoms with Crippen molar-refractivity contribution < 1.29 is 19.4 Å². The summed E-state index contributed by atoms with van der Waals surface area (Å²) in [5.41, 5.74) is 5.91. The molecule has 9 nitrogen and oxygen atoms in total. The molecular formula is C26H24ClN5O4S. The third kappa shape index (κ3) is 6.22. The highest BCUT2D eigenvalue weighted by Gasteiger charge is 2.17. The molecule has 0 aliphatic carbocycles. The number of benzene rings is 3. The Balaban J connectivity index is 1.49. The Kier molecular flexibility index (Phi) is 8.32. The van der Waals surface area contributed by atoms with Crippen LogP contribution in [0.15, 0.2) is 70.9 Å². The van der Waals surface area contributed by atoms with Crippen molar-refractivity contribution in [2.45, 2.75) is 12.1 Å². The molecule has 0 aliphatic heterocycles. The number of nitrogens with zero attached hydrogens (tertiary/aromatic N) is 4. The first kappa shape index (κ1) is 26.1. The van der Waals surface area contributed by atoms with Crippen LogP contribution < -0.4 is 14.9 Å². The number of aromatic nitrogens is 3. The Bertz CT molecular complexity index is 1400. The number of carbonyl (C=O) groups is 1. The van der Waals surface area contributed by atoms with E-state index in [2.05, 4.69) is 20.7 Å². The number of hydrazone groups is 1. The zero-order chi connectivity index (χ0) is 26.4. The number of carbonyl (C=O) groups excluding carboxylic acids is 1. The van der Waals surface area contributed by atoms with E-state index in [1.807, 2.05) is 47.9 Å². The van der Waals surface area contributed by atoms with Gasteiger partial charge in [-0.15, -0.1) is 10.2 Å². The van der Waals surface area contributed by atoms with Crippen molar-refractivity contribution in [3.8, 4) is 34.3 Å². The monoisotopic (exact) mass is 537 g/mol. The number of aromatic hydroxyl groups is 1. The van der Waals surface area contributed by atoms with Gasteiger partial charge in [0.1, 0.15) is 0 Å². The molecule has 4 rings (SSSR count). The summed E-state index contributed by atoms with van der Waals surface area (Å²) >= 11 is 7.29. The second-order valence-corrected chi connectivity index (χ2v) is 9.22. The molecular weight excluding hydrogens is 514 g/mol. The molecule has 0 saturated heterocycles. The molecule has 0 unspecified atom stereocenters. The maximum Gasteiger partial charge on any atom is 0.250 e. The summed E-state index contributed by atoms with van der Waals surface area (Å²) < 4.78 is 12.2. The van der Waals surface area contributed by atoms with Crippen LogP contribution in [0.25, 0.3) is 17.1 Å². The Labute approximate surface area is 223 Å². The molecule has 1 amide bonds. The largest absolute Gasteiger partial charge is 0.502 e. The van der Waals surface area contributed by atoms with Gasteiger partial charge in [0.2, 0.25) is 5.75 Å². The Hall–Kier alpha value is -4.02. The van der Waals surface area contributed by atoms with E-state index in [9.17, 15) is 9.90 Å². The van der Waals surface area contributed by atoms with Crippen LogP contribution in [0.4, 0.5) is 0 Å². The summed E-state index contributed by atoms with van der Waals surface area (Å²) in [6, 6.07) is 18.5. The van der Waals surface area contributed by atoms with Crippen molar-refractivity contribution in [1.29, 1.82) is 0 Å². The van der Waals surface area contributed by atoms with Gasteiger partial charge in [-0.25, -0.2) is 5.43 Å². The van der Waals surface area contributed by atoms with Gasteiger partial charge in [-0.1, -0.05) is 41.1 Å². The lowest BCUT2D eigenvalue weighted by Crippen LogP contribution is -2.20. The molecule has 190 valence electrons. The van der Waals surface area contributed by atoms with Crippen LogP contribution in [0.2, 0.25) is 5.02 Å². The second kappa shape index (κ2) is 11.8. The molecule has 0 radical (unpaired) electrons. The summed E-state index contributed by atoms with van der Waals surface area (Å²) in [4.78, 5) is 12.5. The lowest BCUT2D eigenvalue weighted by atomic mass is 10.2. The van der Waals surface area contributed by atoms with Crippen molar-refractivity contribution in [2.75, 3.05) is 20.0 Å². The van der Waals surface area contributed by atoms with Crippen LogP contribution in [0, 0.1) is 6.92 Å². The second-order valence-electron chi connectivity index (χ2n) is 7.84. The maximum absolute atomic E-state index is 12.5. The predicted octanol–water partition coefficient (Wildman–Crippen LogP) is 4.86. The maximum atomic E-state index is 12.5. The average molecular weight is 538 g/mol. The summed E-state index contributed by atoms with van der Waals surface area (Å²) in [5, 5.41) is 23.9. The molecule has 0 spiro atoms. The van der Waals surface area contributed by atoms with Crippen LogP contribution in [-0.2, 0) is 4.79 Å². The summed E-state index contributed by atoms with van der Waals surface area (Å²) in [5.74, 6) is 0.717. The molecule has 0 bridgehead atoms. The lowest BCUT2D eigenvalue weighted by Gasteiger charge is -2.11. The number of thioether (sulfide) groups is 1. The Morgan fingerprint density at radius 3 is 2.35 bits per heavy atom. The third-order valence-electron chi connectivity index (χ3n) is 5.27. The normalized spacial score (nSPS) is 11.0. The van der Waals surface area contributed by atoms with E-state index in [1.54, 1.807) is 24.3 Å². The quantitative estimate of drug-likeness (QED) is 0.178. The molecule has 0 aliphatic rings. The van der Waals surface area contributed by atoms with Crippen molar-refractivity contribution in [3.05, 3.63) is 76.8 Å². The van der Waals surface area contributed by atoms with Gasteiger partial charge in [-0.2, -0.15) is 5.10 Å². The number of amides is 1. The highest BCUT2D eigenvalue weighted by atomic mass is 35.5. The smallest absolute Gasteiger partial charge is 0.250 e. The van der Waals surface area contributed by atoms with Crippen molar-refractivity contribution in [3.63, 3.8) is 0 Å². The number of phenols is 1. The van der Waals surface area contributed by atoms with Crippen LogP contribution in [0.5, 0.6) is 17.2 Å². The molecule has 1 aromatic heterocycles. The number of phenolic OH excluding ortho intramolecular Hbond substituents is 1. The number of nitrogens with one attached hydrogen (secondary N) is 1. The van der Waals surface area contributed by atoms with Crippen LogP contribution in [0.3, 0.4) is 0 Å². The van der Waals surface area contributed by atoms with E-state index in [1.165, 1.54) is 32.2 Å². The minimum Gasteiger partial charge on any atom is -0.502 e. The molecule has 0 fully saturated rings. The van der Waals surface area contributed by atoms with Crippen molar-refractivity contribution in [2.24, 2.45) is 5.10 Å². The Morgan fingerprint density at radius 1 is 1.08 bits per heavy atom. The molecule has 0 atom stereocenters. The van der Waals surface area contributed by atoms with Crippen LogP contribution in [0.1, 0.15) is 11.1 Å². The number of ether oxygens (including phenoxy) is 2. The minimum absolute atomic E-state index is 0.0597. The van der Waals surface area contributed by atoms with Gasteiger partial charge < -0.3 is 14.6 Å². The molecule has 1 heterocycles. The molecule has 11 heteroatoms. The average Bonchev–Trinajstić information content (AvgIpc) is 3.33. The van der Waals surface area contributed by atoms with E-state index < -0.39 is 0 Å². The SMILES string of the molecule is COc1cc(/C=N/NC(=O)CSc2nnc(-c3ccc(Cl)cc3)n2-c2ccc(C)cc2)cc(OC)c1O. The number of hydrogen-bond donors (Lipinski definition) is 2. The fourth-order valence-electron chi connectivity index (χ4n) is 3.41. The van der Waals surface area contributed by atoms with Crippen LogP contribution >= 0.6 is 23.4 Å². The predicted molar refractivity (Wildman–Crippen MR) is 144 cm³/mol. The molecule has 4 aromatic rings. The zero-order valence-electron chi connectivity index (χ0n) is 20.3. The molecule has 37 heavy (non-hydrogen) atoms. The fraction of sp³-hybridized carbons (Fsp3) is 0.154. The number of rotatable bonds is 9. The van der Waals surface area contributed by atoms with E-state index in [4.69, 9.17) is 21.1 Å². The van der Waals surface area contributed by atoms with Gasteiger partial charge in [-0.3, -0.25) is 9.36 Å². The van der Waals surface area contributed by atoms with Gasteiger partial charge in [-0.05, 0) is 55.5 Å². The third-order valence-corrected chi connectivity index (χ3v) is 6.45. The zero-order valence-corrected chi connectivity index (χ0v) is 21.9. The van der Waals surface area contributed by atoms with E-state index in [0.29, 0.717) is 21.6 Å². The lowest BCUT2D eigenvalue weighted by molar-refractivity contribution is -0.118. The molecule has 2 N–H and O–H groups in total. The van der Waals surface area contributed by atoms with Gasteiger partial charge in [0.05, 0.1) is 26.2 Å². The Morgan fingerprint density at radius 2 is 1.73 bits per heavy atom. The standard InChI is InChI=1S/C26H24ClN5O4S/c1-16-4-10-20(11-5-16)32-25(18-6-8-19(27)9-7-18)30-31-26(32)37-15-23(33)29-28-14-17-12-21(35-2)24(34)22(13-17)36-3/h4-14,34H,15H2,1-3H3,(H,29,33)/b28-14+.